The topological polar surface area (TPSA) is 152 Å². The number of rotatable bonds is 10. The molecule has 1 amide bonds. The van der Waals surface area contributed by atoms with E-state index in [1.54, 1.807) is 25.1 Å². The number of aromatic amines is 1. The maximum atomic E-state index is 13.4. The molecule has 40 heavy (non-hydrogen) atoms. The van der Waals surface area contributed by atoms with E-state index in [0.717, 1.165) is 0 Å². The zero-order valence-corrected chi connectivity index (χ0v) is 21.5. The van der Waals surface area contributed by atoms with E-state index in [1.165, 1.54) is 48.7 Å². The average Bonchev–Trinajstić information content (AvgIpc) is 3.28. The molecule has 0 radical (unpaired) electrons. The van der Waals surface area contributed by atoms with Gasteiger partial charge in [0.25, 0.3) is 5.91 Å². The number of aromatic nitrogens is 3. The molecule has 0 saturated heterocycles. The molecule has 10 nitrogen and oxygen atoms in total. The summed E-state index contributed by atoms with van der Waals surface area (Å²) in [5, 5.41) is 9.64. The lowest BCUT2D eigenvalue weighted by molar-refractivity contribution is -0.106. The van der Waals surface area contributed by atoms with Gasteiger partial charge in [0.1, 0.15) is 29.1 Å². The lowest BCUT2D eigenvalue weighted by Gasteiger charge is -2.20. The number of alkyl halides is 3. The highest BCUT2D eigenvalue weighted by atomic mass is 32.2. The lowest BCUT2D eigenvalue weighted by atomic mass is 10.1. The largest absolute Gasteiger partial charge is 0.484 e. The van der Waals surface area contributed by atoms with Crippen LogP contribution < -0.4 is 20.5 Å². The van der Waals surface area contributed by atoms with Gasteiger partial charge in [0.05, 0.1) is 11.4 Å². The fraction of sp³-hybridized carbons (Fsp3) is 0.160. The van der Waals surface area contributed by atoms with Crippen LogP contribution in [0, 0.1) is 5.82 Å². The minimum Gasteiger partial charge on any atom is -0.484 e. The average molecular weight is 579 g/mol. The van der Waals surface area contributed by atoms with Crippen molar-refractivity contribution in [3.05, 3.63) is 83.8 Å². The summed E-state index contributed by atoms with van der Waals surface area (Å²) in [5.41, 5.74) is 6.11. The molecule has 0 aliphatic heterocycles. The number of pyridine rings is 1. The Kier molecular flexibility index (Phi) is 7.95. The number of carbonyl (C=O) groups excluding carboxylic acids is 1. The first-order valence-electron chi connectivity index (χ1n) is 11.5. The molecule has 0 unspecified atom stereocenters. The number of ether oxygens (including phenoxy) is 1. The van der Waals surface area contributed by atoms with Gasteiger partial charge in [0.2, 0.25) is 10.0 Å². The van der Waals surface area contributed by atoms with Crippen molar-refractivity contribution in [1.82, 2.24) is 15.2 Å². The number of sulfonamides is 1. The summed E-state index contributed by atoms with van der Waals surface area (Å²) >= 11 is 0. The van der Waals surface area contributed by atoms with E-state index in [4.69, 9.17) is 10.5 Å². The second kappa shape index (κ2) is 11.2. The zero-order chi connectivity index (χ0) is 29.1. The maximum Gasteiger partial charge on any atom is 0.404 e. The van der Waals surface area contributed by atoms with Gasteiger partial charge in [-0.3, -0.25) is 14.6 Å². The van der Waals surface area contributed by atoms with Crippen molar-refractivity contribution >= 4 is 33.3 Å². The maximum absolute atomic E-state index is 13.4. The number of nitrogens with zero attached hydrogens (tertiary/aromatic N) is 2. The molecule has 4 aromatic rings. The molecule has 0 saturated carbocycles. The van der Waals surface area contributed by atoms with E-state index in [1.807, 2.05) is 4.72 Å². The Balaban J connectivity index is 1.75. The first-order chi connectivity index (χ1) is 18.8. The van der Waals surface area contributed by atoms with Crippen LogP contribution in [0.3, 0.4) is 0 Å². The summed E-state index contributed by atoms with van der Waals surface area (Å²) in [5.74, 6) is -3.23. The Morgan fingerprint density at radius 3 is 2.48 bits per heavy atom. The monoisotopic (exact) mass is 578 g/mol. The summed E-state index contributed by atoms with van der Waals surface area (Å²) in [7, 11) is -4.87. The predicted octanol–water partition coefficient (Wildman–Crippen LogP) is 4.90. The highest BCUT2D eigenvalue weighted by molar-refractivity contribution is 7.92. The second-order valence-corrected chi connectivity index (χ2v) is 10.2. The van der Waals surface area contributed by atoms with Crippen LogP contribution in [0.25, 0.3) is 11.3 Å². The standard InChI is InChI=1S/C25H22F4N6O4S/c1-14(15-5-8-17(26)9-6-15)39-19-12-16(7-10-18(19)35-40(37,38)13-25(27,28)29)22-21(23(30)36)24(34-33-22)32-20-4-2-3-11-31-20/h2-12,14,35H,13H2,1H3,(H2,30,36)(H2,31,32,33,34)/t14-/m0/s1. The summed E-state index contributed by atoms with van der Waals surface area (Å²) in [4.78, 5) is 16.5. The van der Waals surface area contributed by atoms with Crippen molar-refractivity contribution in [3.63, 3.8) is 0 Å². The van der Waals surface area contributed by atoms with E-state index in [9.17, 15) is 30.8 Å². The smallest absolute Gasteiger partial charge is 0.404 e. The van der Waals surface area contributed by atoms with Crippen molar-refractivity contribution in [3.8, 4) is 17.0 Å². The number of anilines is 3. The highest BCUT2D eigenvalue weighted by Gasteiger charge is 2.35. The lowest BCUT2D eigenvalue weighted by Crippen LogP contribution is -2.28. The molecule has 2 aromatic heterocycles. The van der Waals surface area contributed by atoms with Crippen molar-refractivity contribution < 1.29 is 35.5 Å². The predicted molar refractivity (Wildman–Crippen MR) is 139 cm³/mol. The van der Waals surface area contributed by atoms with Crippen molar-refractivity contribution in [2.45, 2.75) is 19.2 Å². The van der Waals surface area contributed by atoms with E-state index in [0.29, 0.717) is 11.4 Å². The van der Waals surface area contributed by atoms with Gasteiger partial charge in [-0.25, -0.2) is 17.8 Å². The third-order valence-electron chi connectivity index (χ3n) is 5.46. The van der Waals surface area contributed by atoms with Gasteiger partial charge in [-0.2, -0.15) is 18.3 Å². The van der Waals surface area contributed by atoms with Crippen molar-refractivity contribution in [1.29, 1.82) is 0 Å². The van der Waals surface area contributed by atoms with Gasteiger partial charge in [0.15, 0.2) is 11.6 Å². The van der Waals surface area contributed by atoms with Crippen LogP contribution in [0.4, 0.5) is 34.9 Å². The normalized spacial score (nSPS) is 12.5. The summed E-state index contributed by atoms with van der Waals surface area (Å²) in [6.45, 7) is 1.58. The third-order valence-corrected chi connectivity index (χ3v) is 6.69. The van der Waals surface area contributed by atoms with Crippen molar-refractivity contribution in [2.75, 3.05) is 15.8 Å². The molecule has 15 heteroatoms. The molecule has 1 atom stereocenters. The second-order valence-electron chi connectivity index (χ2n) is 8.53. The highest BCUT2D eigenvalue weighted by Crippen LogP contribution is 2.37. The van der Waals surface area contributed by atoms with Crippen LogP contribution in [-0.2, 0) is 10.0 Å². The molecule has 0 aliphatic carbocycles. The number of halogens is 4. The SMILES string of the molecule is C[C@H](Oc1cc(-c2[nH]nc(Nc3ccccn3)c2C(N)=O)ccc1NS(=O)(=O)CC(F)(F)F)c1ccc(F)cc1. The summed E-state index contributed by atoms with van der Waals surface area (Å²) in [6.07, 6.45) is -4.26. The van der Waals surface area contributed by atoms with E-state index in [2.05, 4.69) is 20.5 Å². The summed E-state index contributed by atoms with van der Waals surface area (Å²) in [6, 6.07) is 14.1. The minimum absolute atomic E-state index is 0.0540. The number of primary amides is 1. The van der Waals surface area contributed by atoms with Crippen molar-refractivity contribution in [2.24, 2.45) is 5.73 Å². The van der Waals surface area contributed by atoms with Gasteiger partial charge in [-0.15, -0.1) is 0 Å². The Bertz CT molecular complexity index is 1610. The molecule has 0 bridgehead atoms. The summed E-state index contributed by atoms with van der Waals surface area (Å²) < 4.78 is 84.1. The number of hydrogen-bond acceptors (Lipinski definition) is 7. The van der Waals surface area contributed by atoms with Crippen LogP contribution in [0.2, 0.25) is 0 Å². The fourth-order valence-electron chi connectivity index (χ4n) is 3.71. The number of H-pyrrole nitrogens is 1. The molecular weight excluding hydrogens is 556 g/mol. The molecule has 2 aromatic carbocycles. The van der Waals surface area contributed by atoms with Gasteiger partial charge in [0, 0.05) is 11.8 Å². The van der Waals surface area contributed by atoms with E-state index < -0.39 is 39.8 Å². The fourth-order valence-corrected chi connectivity index (χ4v) is 4.72. The van der Waals surface area contributed by atoms with Crippen LogP contribution >= 0.6 is 0 Å². The van der Waals surface area contributed by atoms with Gasteiger partial charge in [-0.1, -0.05) is 24.3 Å². The first-order valence-corrected chi connectivity index (χ1v) is 13.2. The Morgan fingerprint density at radius 2 is 1.85 bits per heavy atom. The zero-order valence-electron chi connectivity index (χ0n) is 20.7. The van der Waals surface area contributed by atoms with Crippen LogP contribution in [-0.4, -0.2) is 41.4 Å². The molecule has 0 fully saturated rings. The molecular formula is C25H22F4N6O4S. The van der Waals surface area contributed by atoms with Gasteiger partial charge >= 0.3 is 6.18 Å². The van der Waals surface area contributed by atoms with Crippen LogP contribution in [0.15, 0.2) is 66.9 Å². The molecule has 5 N–H and O–H groups in total. The number of carbonyl (C=O) groups is 1. The van der Waals surface area contributed by atoms with Gasteiger partial charge in [-0.05, 0) is 48.9 Å². The van der Waals surface area contributed by atoms with E-state index >= 15 is 0 Å². The van der Waals surface area contributed by atoms with E-state index in [-0.39, 0.29) is 34.1 Å². The molecule has 4 rings (SSSR count). The van der Waals surface area contributed by atoms with Gasteiger partial charge < -0.3 is 15.8 Å². The number of nitrogens with one attached hydrogen (secondary N) is 3. The molecule has 0 spiro atoms. The Labute approximate surface area is 225 Å². The number of nitrogens with two attached hydrogens (primary N) is 1. The van der Waals surface area contributed by atoms with Crippen LogP contribution in [0.1, 0.15) is 28.9 Å². The molecule has 0 aliphatic rings. The Morgan fingerprint density at radius 1 is 1.12 bits per heavy atom. The minimum atomic E-state index is -4.99. The number of benzene rings is 2. The quantitative estimate of drug-likeness (QED) is 0.195. The van der Waals surface area contributed by atoms with Crippen LogP contribution in [0.5, 0.6) is 5.75 Å². The Hall–Kier alpha value is -4.66. The molecule has 210 valence electrons. The number of hydrogen-bond donors (Lipinski definition) is 4. The third kappa shape index (κ3) is 7.05. The first kappa shape index (κ1) is 28.4. The molecule has 2 heterocycles. The number of amides is 1.